The molecule has 0 saturated carbocycles. The van der Waals surface area contributed by atoms with Crippen molar-refractivity contribution < 1.29 is 23.8 Å². The van der Waals surface area contributed by atoms with Crippen LogP contribution in [0, 0.1) is 0 Å². The van der Waals surface area contributed by atoms with Gasteiger partial charge in [-0.15, -0.1) is 0 Å². The molecular formula is C63H110O5. The van der Waals surface area contributed by atoms with E-state index in [9.17, 15) is 9.59 Å². The first-order valence-electron chi connectivity index (χ1n) is 29.1. The molecule has 5 heteroatoms. The van der Waals surface area contributed by atoms with Crippen molar-refractivity contribution in [2.45, 2.75) is 284 Å². The van der Waals surface area contributed by atoms with Gasteiger partial charge in [0.15, 0.2) is 6.10 Å². The van der Waals surface area contributed by atoms with E-state index in [-0.39, 0.29) is 25.2 Å². The van der Waals surface area contributed by atoms with Gasteiger partial charge < -0.3 is 14.2 Å². The molecule has 0 spiro atoms. The summed E-state index contributed by atoms with van der Waals surface area (Å²) in [5, 5.41) is 0. The highest BCUT2D eigenvalue weighted by atomic mass is 16.6. The SMILES string of the molecule is CC/C=C\C/C=C\C/C=C\C/C=C\CCCCCCCCCOCC(COC(=O)CCCCCCCCCCC/C=C\C/C=C\CCCCC)OC(=O)CCCCCCC/C=C\CCCCCC. The molecule has 68 heavy (non-hydrogen) atoms. The van der Waals surface area contributed by atoms with E-state index in [4.69, 9.17) is 14.2 Å². The van der Waals surface area contributed by atoms with E-state index < -0.39 is 6.10 Å². The maximum atomic E-state index is 12.8. The fourth-order valence-corrected chi connectivity index (χ4v) is 8.06. The van der Waals surface area contributed by atoms with Gasteiger partial charge in [0.05, 0.1) is 6.61 Å². The van der Waals surface area contributed by atoms with Crippen molar-refractivity contribution in [1.82, 2.24) is 0 Å². The fourth-order valence-electron chi connectivity index (χ4n) is 8.06. The second-order valence-corrected chi connectivity index (χ2v) is 19.2. The maximum absolute atomic E-state index is 12.8. The van der Waals surface area contributed by atoms with Gasteiger partial charge in [-0.25, -0.2) is 0 Å². The van der Waals surface area contributed by atoms with Crippen molar-refractivity contribution in [3.05, 3.63) is 85.1 Å². The van der Waals surface area contributed by atoms with Crippen LogP contribution in [-0.4, -0.2) is 37.9 Å². The molecule has 0 aliphatic carbocycles. The third-order valence-corrected chi connectivity index (χ3v) is 12.4. The molecule has 0 saturated heterocycles. The minimum Gasteiger partial charge on any atom is -0.462 e. The summed E-state index contributed by atoms with van der Waals surface area (Å²) in [6.45, 7) is 7.66. The number of rotatable bonds is 53. The standard InChI is InChI=1S/C63H110O5/c1-4-7-10-13-16-19-22-25-27-29-31-33-35-37-40-43-46-49-52-55-58-66-59-61(68-63(65)57-54-51-48-45-42-38-24-21-18-15-12-9-6-3)60-67-62(64)56-53-50-47-44-41-39-36-34-32-30-28-26-23-20-17-14-11-8-5-2/h7,10,16-17,19-21,24-28,31,33,61H,4-6,8-9,11-15,18,22-23,29-30,32,34-60H2,1-3H3/b10-7-,19-16-,20-17-,24-21-,27-25-,28-26-,33-31-. The molecule has 5 nitrogen and oxygen atoms in total. The number of hydrogen-bond acceptors (Lipinski definition) is 5. The zero-order valence-electron chi connectivity index (χ0n) is 45.1. The van der Waals surface area contributed by atoms with E-state index in [0.717, 1.165) is 83.5 Å². The molecule has 0 bridgehead atoms. The highest BCUT2D eigenvalue weighted by Crippen LogP contribution is 2.15. The summed E-state index contributed by atoms with van der Waals surface area (Å²) in [5.41, 5.74) is 0. The zero-order chi connectivity index (χ0) is 49.2. The Labute approximate surface area is 422 Å². The normalized spacial score (nSPS) is 12.8. The molecule has 0 aromatic rings. The monoisotopic (exact) mass is 947 g/mol. The number of unbranched alkanes of at least 4 members (excludes halogenated alkanes) is 28. The van der Waals surface area contributed by atoms with E-state index in [1.165, 1.54) is 161 Å². The molecule has 1 atom stereocenters. The molecule has 0 fully saturated rings. The quantitative estimate of drug-likeness (QED) is 0.0345. The fraction of sp³-hybridized carbons (Fsp3) is 0.746. The van der Waals surface area contributed by atoms with Crippen molar-refractivity contribution in [2.24, 2.45) is 0 Å². The Hall–Kier alpha value is -2.92. The van der Waals surface area contributed by atoms with Gasteiger partial charge in [-0.05, 0) is 116 Å². The van der Waals surface area contributed by atoms with Crippen LogP contribution in [0.15, 0.2) is 85.1 Å². The van der Waals surface area contributed by atoms with Crippen molar-refractivity contribution in [3.63, 3.8) is 0 Å². The van der Waals surface area contributed by atoms with Crippen LogP contribution in [0.3, 0.4) is 0 Å². The highest BCUT2D eigenvalue weighted by Gasteiger charge is 2.17. The molecule has 0 aromatic heterocycles. The smallest absolute Gasteiger partial charge is 0.306 e. The first-order valence-corrected chi connectivity index (χ1v) is 29.1. The second kappa shape index (κ2) is 58.4. The lowest BCUT2D eigenvalue weighted by atomic mass is 10.1. The molecule has 1 unspecified atom stereocenters. The molecule has 0 rings (SSSR count). The molecule has 392 valence electrons. The summed E-state index contributed by atoms with van der Waals surface area (Å²) < 4.78 is 17.5. The van der Waals surface area contributed by atoms with Crippen LogP contribution in [0.25, 0.3) is 0 Å². The molecule has 0 N–H and O–H groups in total. The van der Waals surface area contributed by atoms with Gasteiger partial charge in [-0.1, -0.05) is 234 Å². The van der Waals surface area contributed by atoms with E-state index >= 15 is 0 Å². The lowest BCUT2D eigenvalue weighted by Crippen LogP contribution is -2.30. The van der Waals surface area contributed by atoms with Crippen LogP contribution in [-0.2, 0) is 23.8 Å². The molecule has 0 aliphatic heterocycles. The van der Waals surface area contributed by atoms with E-state index in [1.807, 2.05) is 0 Å². The lowest BCUT2D eigenvalue weighted by molar-refractivity contribution is -0.163. The van der Waals surface area contributed by atoms with Crippen molar-refractivity contribution in [2.75, 3.05) is 19.8 Å². The maximum Gasteiger partial charge on any atom is 0.306 e. The third kappa shape index (κ3) is 55.7. The Kier molecular flexibility index (Phi) is 55.9. The predicted molar refractivity (Wildman–Crippen MR) is 297 cm³/mol. The lowest BCUT2D eigenvalue weighted by Gasteiger charge is -2.18. The number of esters is 2. The summed E-state index contributed by atoms with van der Waals surface area (Å²) in [5.74, 6) is -0.413. The van der Waals surface area contributed by atoms with Gasteiger partial charge in [-0.2, -0.15) is 0 Å². The highest BCUT2D eigenvalue weighted by molar-refractivity contribution is 5.70. The van der Waals surface area contributed by atoms with E-state index in [1.54, 1.807) is 0 Å². The van der Waals surface area contributed by atoms with E-state index in [0.29, 0.717) is 19.4 Å². The Balaban J connectivity index is 4.28. The number of ether oxygens (including phenoxy) is 3. The van der Waals surface area contributed by atoms with Gasteiger partial charge in [0, 0.05) is 19.4 Å². The molecule has 0 radical (unpaired) electrons. The summed E-state index contributed by atoms with van der Waals surface area (Å²) in [4.78, 5) is 25.5. The number of carbonyl (C=O) groups excluding carboxylic acids is 2. The van der Waals surface area contributed by atoms with Gasteiger partial charge in [0.25, 0.3) is 0 Å². The Bertz CT molecular complexity index is 1250. The van der Waals surface area contributed by atoms with Crippen molar-refractivity contribution in [3.8, 4) is 0 Å². The molecular weight excluding hydrogens is 837 g/mol. The van der Waals surface area contributed by atoms with Crippen LogP contribution in [0.5, 0.6) is 0 Å². The minimum atomic E-state index is -0.552. The van der Waals surface area contributed by atoms with Crippen LogP contribution in [0.1, 0.15) is 278 Å². The van der Waals surface area contributed by atoms with E-state index in [2.05, 4.69) is 106 Å². The van der Waals surface area contributed by atoms with Gasteiger partial charge >= 0.3 is 11.9 Å². The van der Waals surface area contributed by atoms with Gasteiger partial charge in [-0.3, -0.25) is 9.59 Å². The summed E-state index contributed by atoms with van der Waals surface area (Å²) in [6, 6.07) is 0. The van der Waals surface area contributed by atoms with Gasteiger partial charge in [0.2, 0.25) is 0 Å². The number of allylic oxidation sites excluding steroid dienone is 14. The molecule has 0 aliphatic rings. The first kappa shape index (κ1) is 65.1. The first-order chi connectivity index (χ1) is 33.6. The Morgan fingerprint density at radius 1 is 0.338 bits per heavy atom. The number of hydrogen-bond donors (Lipinski definition) is 0. The minimum absolute atomic E-state index is 0.0730. The average Bonchev–Trinajstić information content (AvgIpc) is 3.34. The van der Waals surface area contributed by atoms with Crippen LogP contribution in [0.4, 0.5) is 0 Å². The van der Waals surface area contributed by atoms with Crippen molar-refractivity contribution >= 4 is 11.9 Å². The zero-order valence-corrected chi connectivity index (χ0v) is 45.1. The van der Waals surface area contributed by atoms with Crippen LogP contribution >= 0.6 is 0 Å². The number of carbonyl (C=O) groups is 2. The Morgan fingerprint density at radius 2 is 0.662 bits per heavy atom. The third-order valence-electron chi connectivity index (χ3n) is 12.4. The summed E-state index contributed by atoms with van der Waals surface area (Å²) in [7, 11) is 0. The topological polar surface area (TPSA) is 61.8 Å². The molecule has 0 aromatic carbocycles. The molecule has 0 amide bonds. The van der Waals surface area contributed by atoms with Crippen molar-refractivity contribution in [1.29, 1.82) is 0 Å². The summed E-state index contributed by atoms with van der Waals surface area (Å²) in [6.07, 6.45) is 77.4. The molecule has 0 heterocycles. The summed E-state index contributed by atoms with van der Waals surface area (Å²) >= 11 is 0. The average molecular weight is 948 g/mol. The largest absolute Gasteiger partial charge is 0.462 e. The van der Waals surface area contributed by atoms with Crippen LogP contribution in [0.2, 0.25) is 0 Å². The van der Waals surface area contributed by atoms with Crippen LogP contribution < -0.4 is 0 Å². The predicted octanol–water partition coefficient (Wildman–Crippen LogP) is 20.0. The van der Waals surface area contributed by atoms with Gasteiger partial charge in [0.1, 0.15) is 6.61 Å². The Morgan fingerprint density at radius 3 is 1.10 bits per heavy atom. The second-order valence-electron chi connectivity index (χ2n) is 19.2.